The van der Waals surface area contributed by atoms with Gasteiger partial charge in [0, 0.05) is 13.2 Å². The maximum Gasteiger partial charge on any atom is 0.123 e. The second-order valence-corrected chi connectivity index (χ2v) is 4.51. The molecule has 0 spiro atoms. The minimum atomic E-state index is -0.168. The van der Waals surface area contributed by atoms with Crippen LogP contribution in [-0.4, -0.2) is 30.2 Å². The number of benzene rings is 1. The van der Waals surface area contributed by atoms with Gasteiger partial charge in [-0.25, -0.2) is 4.39 Å². The lowest BCUT2D eigenvalue weighted by Gasteiger charge is -2.16. The highest BCUT2D eigenvalue weighted by Gasteiger charge is 2.01. The van der Waals surface area contributed by atoms with E-state index < -0.39 is 0 Å². The summed E-state index contributed by atoms with van der Waals surface area (Å²) >= 11 is 0. The molecule has 0 fully saturated rings. The van der Waals surface area contributed by atoms with E-state index in [0.717, 1.165) is 44.3 Å². The monoisotopic (exact) mass is 239 g/mol. The van der Waals surface area contributed by atoms with Gasteiger partial charge in [0.2, 0.25) is 0 Å². The molecule has 2 nitrogen and oxygen atoms in total. The molecule has 96 valence electrons. The summed E-state index contributed by atoms with van der Waals surface area (Å²) in [5.74, 6) is -0.168. The molecule has 0 unspecified atom stereocenters. The molecule has 17 heavy (non-hydrogen) atoms. The maximum absolute atomic E-state index is 13.0. The highest BCUT2D eigenvalue weighted by atomic mass is 19.1. The number of hydrogen-bond acceptors (Lipinski definition) is 2. The molecular weight excluding hydrogens is 217 g/mol. The SMILES string of the molecule is CN(CCCCCCO)Cc1cccc(F)c1. The maximum atomic E-state index is 13.0. The summed E-state index contributed by atoms with van der Waals surface area (Å²) in [7, 11) is 2.05. The van der Waals surface area contributed by atoms with Crippen LogP contribution in [0.15, 0.2) is 24.3 Å². The van der Waals surface area contributed by atoms with Crippen LogP contribution in [0.1, 0.15) is 31.2 Å². The van der Waals surface area contributed by atoms with E-state index >= 15 is 0 Å². The van der Waals surface area contributed by atoms with Crippen LogP contribution in [0.5, 0.6) is 0 Å². The molecule has 3 heteroatoms. The van der Waals surface area contributed by atoms with Gasteiger partial charge in [0.1, 0.15) is 5.82 Å². The fourth-order valence-electron chi connectivity index (χ4n) is 1.87. The van der Waals surface area contributed by atoms with Crippen molar-refractivity contribution in [1.82, 2.24) is 4.90 Å². The van der Waals surface area contributed by atoms with Crippen LogP contribution in [0.2, 0.25) is 0 Å². The van der Waals surface area contributed by atoms with Gasteiger partial charge in [0.25, 0.3) is 0 Å². The molecular formula is C14H22FNO. The van der Waals surface area contributed by atoms with Crippen molar-refractivity contribution in [3.63, 3.8) is 0 Å². The molecule has 0 heterocycles. The predicted octanol–water partition coefficient (Wildman–Crippen LogP) is 2.81. The van der Waals surface area contributed by atoms with Crippen molar-refractivity contribution >= 4 is 0 Å². The average Bonchev–Trinajstić information content (AvgIpc) is 2.29. The summed E-state index contributed by atoms with van der Waals surface area (Å²) in [6, 6.07) is 6.76. The van der Waals surface area contributed by atoms with E-state index in [2.05, 4.69) is 11.9 Å². The van der Waals surface area contributed by atoms with Crippen LogP contribution in [-0.2, 0) is 6.54 Å². The van der Waals surface area contributed by atoms with Crippen molar-refractivity contribution in [3.8, 4) is 0 Å². The van der Waals surface area contributed by atoms with E-state index in [1.165, 1.54) is 6.07 Å². The Hall–Kier alpha value is -0.930. The molecule has 0 radical (unpaired) electrons. The lowest BCUT2D eigenvalue weighted by molar-refractivity contribution is 0.277. The number of rotatable bonds is 8. The minimum Gasteiger partial charge on any atom is -0.396 e. The Kier molecular flexibility index (Phi) is 6.82. The molecule has 1 aromatic carbocycles. The third kappa shape index (κ3) is 6.39. The third-order valence-electron chi connectivity index (χ3n) is 2.79. The normalized spacial score (nSPS) is 11.1. The molecule has 0 aromatic heterocycles. The van der Waals surface area contributed by atoms with Gasteiger partial charge in [0.15, 0.2) is 0 Å². The quantitative estimate of drug-likeness (QED) is 0.705. The first kappa shape index (κ1) is 14.1. The minimum absolute atomic E-state index is 0.168. The van der Waals surface area contributed by atoms with E-state index in [1.54, 1.807) is 12.1 Å². The molecule has 0 aliphatic rings. The van der Waals surface area contributed by atoms with Crippen molar-refractivity contribution < 1.29 is 9.50 Å². The number of aliphatic hydroxyl groups excluding tert-OH is 1. The van der Waals surface area contributed by atoms with Gasteiger partial charge in [0.05, 0.1) is 0 Å². The Labute approximate surface area is 103 Å². The molecule has 0 saturated carbocycles. The second-order valence-electron chi connectivity index (χ2n) is 4.51. The van der Waals surface area contributed by atoms with Gasteiger partial charge in [-0.2, -0.15) is 0 Å². The van der Waals surface area contributed by atoms with Crippen LogP contribution >= 0.6 is 0 Å². The zero-order chi connectivity index (χ0) is 12.5. The molecule has 0 bridgehead atoms. The third-order valence-corrected chi connectivity index (χ3v) is 2.79. The zero-order valence-corrected chi connectivity index (χ0v) is 10.5. The number of hydrogen-bond donors (Lipinski definition) is 1. The van der Waals surface area contributed by atoms with Crippen LogP contribution < -0.4 is 0 Å². The van der Waals surface area contributed by atoms with Crippen molar-refractivity contribution in [2.75, 3.05) is 20.2 Å². The summed E-state index contributed by atoms with van der Waals surface area (Å²) in [5.41, 5.74) is 1.02. The summed E-state index contributed by atoms with van der Waals surface area (Å²) in [6.07, 6.45) is 4.26. The first-order chi connectivity index (χ1) is 8.22. The van der Waals surface area contributed by atoms with Gasteiger partial charge in [-0.3, -0.25) is 0 Å². The number of halogens is 1. The summed E-state index contributed by atoms with van der Waals surface area (Å²) in [4.78, 5) is 2.20. The highest BCUT2D eigenvalue weighted by Crippen LogP contribution is 2.07. The lowest BCUT2D eigenvalue weighted by Crippen LogP contribution is -2.19. The van der Waals surface area contributed by atoms with E-state index in [4.69, 9.17) is 5.11 Å². The highest BCUT2D eigenvalue weighted by molar-refractivity contribution is 5.15. The predicted molar refractivity (Wildman–Crippen MR) is 68.3 cm³/mol. The fourth-order valence-corrected chi connectivity index (χ4v) is 1.87. The molecule has 0 aliphatic heterocycles. The van der Waals surface area contributed by atoms with Gasteiger partial charge < -0.3 is 10.0 Å². The molecule has 0 aliphatic carbocycles. The van der Waals surface area contributed by atoms with Crippen molar-refractivity contribution in [1.29, 1.82) is 0 Å². The molecule has 0 saturated heterocycles. The molecule has 1 rings (SSSR count). The largest absolute Gasteiger partial charge is 0.396 e. The fraction of sp³-hybridized carbons (Fsp3) is 0.571. The topological polar surface area (TPSA) is 23.5 Å². The van der Waals surface area contributed by atoms with Crippen molar-refractivity contribution in [2.45, 2.75) is 32.2 Å². The van der Waals surface area contributed by atoms with Gasteiger partial charge >= 0.3 is 0 Å². The molecule has 1 aromatic rings. The molecule has 1 N–H and O–H groups in total. The first-order valence-corrected chi connectivity index (χ1v) is 6.26. The van der Waals surface area contributed by atoms with Crippen molar-refractivity contribution in [2.24, 2.45) is 0 Å². The van der Waals surface area contributed by atoms with Crippen LogP contribution in [0.4, 0.5) is 4.39 Å². The Morgan fingerprint density at radius 2 is 1.94 bits per heavy atom. The average molecular weight is 239 g/mol. The Morgan fingerprint density at radius 3 is 2.65 bits per heavy atom. The number of nitrogens with zero attached hydrogens (tertiary/aromatic N) is 1. The summed E-state index contributed by atoms with van der Waals surface area (Å²) in [5, 5.41) is 8.65. The van der Waals surface area contributed by atoms with Gasteiger partial charge in [-0.1, -0.05) is 25.0 Å². The first-order valence-electron chi connectivity index (χ1n) is 6.26. The second kappa shape index (κ2) is 8.20. The lowest BCUT2D eigenvalue weighted by atomic mass is 10.1. The van der Waals surface area contributed by atoms with Crippen molar-refractivity contribution in [3.05, 3.63) is 35.6 Å². The zero-order valence-electron chi connectivity index (χ0n) is 10.5. The van der Waals surface area contributed by atoms with E-state index in [-0.39, 0.29) is 5.82 Å². The smallest absolute Gasteiger partial charge is 0.123 e. The summed E-state index contributed by atoms with van der Waals surface area (Å²) in [6.45, 7) is 2.10. The van der Waals surface area contributed by atoms with E-state index in [1.807, 2.05) is 6.07 Å². The van der Waals surface area contributed by atoms with E-state index in [9.17, 15) is 4.39 Å². The van der Waals surface area contributed by atoms with Gasteiger partial charge in [-0.15, -0.1) is 0 Å². The Morgan fingerprint density at radius 1 is 1.18 bits per heavy atom. The van der Waals surface area contributed by atoms with Crippen LogP contribution in [0.25, 0.3) is 0 Å². The molecule has 0 atom stereocenters. The van der Waals surface area contributed by atoms with Crippen LogP contribution in [0.3, 0.4) is 0 Å². The standard InChI is InChI=1S/C14H22FNO/c1-16(9-4-2-3-5-10-17)12-13-7-6-8-14(15)11-13/h6-8,11,17H,2-5,9-10,12H2,1H3. The van der Waals surface area contributed by atoms with Gasteiger partial charge in [-0.05, 0) is 44.1 Å². The summed E-state index contributed by atoms with van der Waals surface area (Å²) < 4.78 is 13.0. The molecule has 0 amide bonds. The van der Waals surface area contributed by atoms with E-state index in [0.29, 0.717) is 6.61 Å². The van der Waals surface area contributed by atoms with Crippen LogP contribution in [0, 0.1) is 5.82 Å². The Bertz CT molecular complexity index is 317. The Balaban J connectivity index is 2.18. The number of aliphatic hydroxyl groups is 1. The number of unbranched alkanes of at least 4 members (excludes halogenated alkanes) is 3.